The van der Waals surface area contributed by atoms with Gasteiger partial charge in [0.25, 0.3) is 5.91 Å². The van der Waals surface area contributed by atoms with E-state index in [0.717, 1.165) is 0 Å². The van der Waals surface area contributed by atoms with E-state index in [1.165, 1.54) is 28.6 Å². The first-order valence-corrected chi connectivity index (χ1v) is 10.5. The molecule has 0 aliphatic carbocycles. The molecule has 0 radical (unpaired) electrons. The fourth-order valence-corrected chi connectivity index (χ4v) is 5.11. The van der Waals surface area contributed by atoms with Crippen LogP contribution in [0.4, 0.5) is 4.79 Å². The molecule has 2 saturated heterocycles. The number of benzene rings is 1. The van der Waals surface area contributed by atoms with E-state index >= 15 is 0 Å². The Hall–Kier alpha value is -2.46. The first-order valence-electron chi connectivity index (χ1n) is 9.09. The van der Waals surface area contributed by atoms with E-state index in [-0.39, 0.29) is 42.0 Å². The van der Waals surface area contributed by atoms with Crippen LogP contribution in [0, 0.1) is 5.92 Å². The van der Waals surface area contributed by atoms with Crippen LogP contribution in [0.5, 0.6) is 0 Å². The standard InChI is InChI=1S/C18H23N3O6S/c1-3-27-15(22)12-4-6-14(7-5-12)28(25,26)21-10-8-13(9-11-21)18(2)16(23)19-17(24)20-18/h4-7,13H,3,8-11H2,1-2H3,(H2,19,20,23,24). The van der Waals surface area contributed by atoms with E-state index in [1.54, 1.807) is 13.8 Å². The Kier molecular flexibility index (Phi) is 5.44. The smallest absolute Gasteiger partial charge is 0.338 e. The second-order valence-corrected chi connectivity index (χ2v) is 8.97. The van der Waals surface area contributed by atoms with E-state index in [1.807, 2.05) is 0 Å². The van der Waals surface area contributed by atoms with Crippen molar-refractivity contribution < 1.29 is 27.5 Å². The minimum absolute atomic E-state index is 0.0946. The Morgan fingerprint density at radius 3 is 2.32 bits per heavy atom. The molecule has 2 aliphatic heterocycles. The van der Waals surface area contributed by atoms with Crippen LogP contribution in [0.3, 0.4) is 0 Å². The van der Waals surface area contributed by atoms with Gasteiger partial charge in [0, 0.05) is 13.1 Å². The SMILES string of the molecule is CCOC(=O)c1ccc(S(=O)(=O)N2CCC(C3(C)NC(=O)NC3=O)CC2)cc1. The molecule has 0 aromatic heterocycles. The summed E-state index contributed by atoms with van der Waals surface area (Å²) in [5.74, 6) is -1.04. The predicted molar refractivity (Wildman–Crippen MR) is 99.0 cm³/mol. The van der Waals surface area contributed by atoms with Crippen molar-refractivity contribution in [3.8, 4) is 0 Å². The Balaban J connectivity index is 1.69. The normalized spacial score (nSPS) is 23.9. The molecule has 1 aromatic carbocycles. The summed E-state index contributed by atoms with van der Waals surface area (Å²) >= 11 is 0. The first kappa shape index (κ1) is 20.3. The van der Waals surface area contributed by atoms with Crippen molar-refractivity contribution >= 4 is 27.9 Å². The number of amides is 3. The number of hydrogen-bond donors (Lipinski definition) is 2. The largest absolute Gasteiger partial charge is 0.462 e. The number of nitrogens with one attached hydrogen (secondary N) is 2. The van der Waals surface area contributed by atoms with Gasteiger partial charge in [-0.05, 0) is 56.9 Å². The van der Waals surface area contributed by atoms with Crippen LogP contribution in [0.25, 0.3) is 0 Å². The molecule has 3 amide bonds. The lowest BCUT2D eigenvalue weighted by Crippen LogP contribution is -2.54. The second kappa shape index (κ2) is 7.51. The van der Waals surface area contributed by atoms with Gasteiger partial charge in [0.05, 0.1) is 17.1 Å². The van der Waals surface area contributed by atoms with Gasteiger partial charge in [-0.2, -0.15) is 4.31 Å². The second-order valence-electron chi connectivity index (χ2n) is 7.03. The average molecular weight is 409 g/mol. The number of hydrogen-bond acceptors (Lipinski definition) is 6. The summed E-state index contributed by atoms with van der Waals surface area (Å²) < 4.78 is 32.0. The van der Waals surface area contributed by atoms with Crippen molar-refractivity contribution in [3.63, 3.8) is 0 Å². The van der Waals surface area contributed by atoms with Crippen molar-refractivity contribution in [2.45, 2.75) is 37.1 Å². The first-order chi connectivity index (χ1) is 13.2. The summed E-state index contributed by atoms with van der Waals surface area (Å²) in [5, 5.41) is 4.89. The molecule has 0 saturated carbocycles. The summed E-state index contributed by atoms with van der Waals surface area (Å²) in [6.45, 7) is 4.08. The number of carbonyl (C=O) groups excluding carboxylic acids is 3. The third-order valence-electron chi connectivity index (χ3n) is 5.35. The molecule has 2 fully saturated rings. The molecule has 0 spiro atoms. The molecule has 28 heavy (non-hydrogen) atoms. The van der Waals surface area contributed by atoms with Gasteiger partial charge in [0.15, 0.2) is 0 Å². The van der Waals surface area contributed by atoms with Crippen molar-refractivity contribution in [2.75, 3.05) is 19.7 Å². The topological polar surface area (TPSA) is 122 Å². The lowest BCUT2D eigenvalue weighted by atomic mass is 9.79. The number of esters is 1. The van der Waals surface area contributed by atoms with Gasteiger partial charge in [-0.15, -0.1) is 0 Å². The van der Waals surface area contributed by atoms with E-state index in [0.29, 0.717) is 12.8 Å². The maximum Gasteiger partial charge on any atom is 0.338 e. The summed E-state index contributed by atoms with van der Waals surface area (Å²) in [6.07, 6.45) is 0.897. The molecule has 0 bridgehead atoms. The molecule has 9 nitrogen and oxygen atoms in total. The third-order valence-corrected chi connectivity index (χ3v) is 7.26. The Bertz CT molecular complexity index is 890. The zero-order chi connectivity index (χ0) is 20.5. The van der Waals surface area contributed by atoms with Crippen LogP contribution < -0.4 is 10.6 Å². The van der Waals surface area contributed by atoms with Gasteiger partial charge in [-0.1, -0.05) is 0 Å². The number of nitrogens with zero attached hydrogens (tertiary/aromatic N) is 1. The molecular weight excluding hydrogens is 386 g/mol. The van der Waals surface area contributed by atoms with Crippen LogP contribution in [0.2, 0.25) is 0 Å². The quantitative estimate of drug-likeness (QED) is 0.549. The summed E-state index contributed by atoms with van der Waals surface area (Å²) in [7, 11) is -3.71. The number of ether oxygens (including phenoxy) is 1. The zero-order valence-electron chi connectivity index (χ0n) is 15.7. The predicted octanol–water partition coefficient (Wildman–Crippen LogP) is 0.862. The van der Waals surface area contributed by atoms with E-state index in [9.17, 15) is 22.8 Å². The van der Waals surface area contributed by atoms with Crippen LogP contribution in [-0.4, -0.2) is 55.9 Å². The van der Waals surface area contributed by atoms with E-state index in [4.69, 9.17) is 4.74 Å². The molecule has 2 aliphatic rings. The molecule has 3 rings (SSSR count). The van der Waals surface area contributed by atoms with Crippen molar-refractivity contribution in [3.05, 3.63) is 29.8 Å². The summed E-state index contributed by atoms with van der Waals surface area (Å²) in [6, 6.07) is 5.11. The average Bonchev–Trinajstić information content (AvgIpc) is 2.95. The van der Waals surface area contributed by atoms with Gasteiger partial charge >= 0.3 is 12.0 Å². The van der Waals surface area contributed by atoms with Crippen molar-refractivity contribution in [1.29, 1.82) is 0 Å². The molecule has 1 unspecified atom stereocenters. The molecular formula is C18H23N3O6S. The number of sulfonamides is 1. The lowest BCUT2D eigenvalue weighted by molar-refractivity contribution is -0.125. The highest BCUT2D eigenvalue weighted by Gasteiger charge is 2.49. The minimum Gasteiger partial charge on any atom is -0.462 e. The molecule has 10 heteroatoms. The lowest BCUT2D eigenvalue weighted by Gasteiger charge is -2.38. The van der Waals surface area contributed by atoms with Crippen molar-refractivity contribution in [1.82, 2.24) is 14.9 Å². The highest BCUT2D eigenvalue weighted by molar-refractivity contribution is 7.89. The van der Waals surface area contributed by atoms with Crippen LogP contribution >= 0.6 is 0 Å². The van der Waals surface area contributed by atoms with Gasteiger partial charge in [-0.25, -0.2) is 18.0 Å². The van der Waals surface area contributed by atoms with Gasteiger partial charge < -0.3 is 10.1 Å². The number of piperidine rings is 1. The Morgan fingerprint density at radius 1 is 1.21 bits per heavy atom. The molecule has 1 aromatic rings. The monoisotopic (exact) mass is 409 g/mol. The maximum absolute atomic E-state index is 12.9. The number of imide groups is 1. The van der Waals surface area contributed by atoms with Crippen molar-refractivity contribution in [2.24, 2.45) is 5.92 Å². The number of rotatable bonds is 5. The zero-order valence-corrected chi connectivity index (χ0v) is 16.5. The highest BCUT2D eigenvalue weighted by atomic mass is 32.2. The minimum atomic E-state index is -3.71. The van der Waals surface area contributed by atoms with Crippen LogP contribution in [0.15, 0.2) is 29.2 Å². The fraction of sp³-hybridized carbons (Fsp3) is 0.500. The summed E-state index contributed by atoms with van der Waals surface area (Å²) in [5.41, 5.74) is -0.732. The number of carbonyl (C=O) groups is 3. The molecule has 152 valence electrons. The van der Waals surface area contributed by atoms with E-state index < -0.39 is 27.6 Å². The maximum atomic E-state index is 12.9. The van der Waals surface area contributed by atoms with E-state index in [2.05, 4.69) is 10.6 Å². The van der Waals surface area contributed by atoms with Gasteiger partial charge in [0.1, 0.15) is 5.54 Å². The van der Waals surface area contributed by atoms with Crippen LogP contribution in [0.1, 0.15) is 37.0 Å². The molecule has 2 N–H and O–H groups in total. The summed E-state index contributed by atoms with van der Waals surface area (Å²) in [4.78, 5) is 35.3. The fourth-order valence-electron chi connectivity index (χ4n) is 3.64. The highest BCUT2D eigenvalue weighted by Crippen LogP contribution is 2.32. The van der Waals surface area contributed by atoms with Gasteiger partial charge in [0.2, 0.25) is 10.0 Å². The molecule has 1 atom stereocenters. The molecule has 2 heterocycles. The van der Waals surface area contributed by atoms with Crippen LogP contribution in [-0.2, 0) is 19.6 Å². The van der Waals surface area contributed by atoms with Gasteiger partial charge in [-0.3, -0.25) is 10.1 Å². The Labute approximate surface area is 163 Å². The number of urea groups is 1. The third kappa shape index (κ3) is 3.61. The Morgan fingerprint density at radius 2 is 1.82 bits per heavy atom.